The minimum absolute atomic E-state index is 0.0186. The third kappa shape index (κ3) is 2.56. The minimum atomic E-state index is -0.475. The van der Waals surface area contributed by atoms with Gasteiger partial charge in [0.2, 0.25) is 5.88 Å². The van der Waals surface area contributed by atoms with Crippen LogP contribution in [0.3, 0.4) is 0 Å². The number of nitrogens with two attached hydrogens (primary N) is 2. The van der Waals surface area contributed by atoms with Crippen LogP contribution in [-0.4, -0.2) is 14.9 Å². The van der Waals surface area contributed by atoms with Crippen LogP contribution in [0.25, 0.3) is 28.6 Å². The zero-order valence-electron chi connectivity index (χ0n) is 12.5. The number of nitro benzene ring substituents is 1. The van der Waals surface area contributed by atoms with Gasteiger partial charge in [-0.1, -0.05) is 18.7 Å². The highest BCUT2D eigenvalue weighted by molar-refractivity contribution is 5.95. The van der Waals surface area contributed by atoms with Crippen molar-refractivity contribution in [2.45, 2.75) is 0 Å². The second-order valence-corrected chi connectivity index (χ2v) is 4.89. The molecule has 0 aliphatic carbocycles. The molecule has 8 heteroatoms. The summed E-state index contributed by atoms with van der Waals surface area (Å²) in [5.74, 6) is 0.632. The van der Waals surface area contributed by atoms with E-state index in [1.54, 1.807) is 30.4 Å². The number of benzene rings is 1. The topological polar surface area (TPSA) is 134 Å². The maximum absolute atomic E-state index is 10.7. The van der Waals surface area contributed by atoms with Gasteiger partial charge in [0, 0.05) is 17.7 Å². The van der Waals surface area contributed by atoms with E-state index < -0.39 is 4.92 Å². The molecule has 0 spiro atoms. The fourth-order valence-electron chi connectivity index (χ4n) is 2.22. The van der Waals surface area contributed by atoms with Crippen LogP contribution >= 0.6 is 0 Å². The quantitative estimate of drug-likeness (QED) is 0.427. The highest BCUT2D eigenvalue weighted by Crippen LogP contribution is 2.32. The molecular weight excluding hydrogens is 310 g/mol. The van der Waals surface area contributed by atoms with Crippen LogP contribution in [0.1, 0.15) is 5.56 Å². The molecule has 0 bridgehead atoms. The zero-order valence-corrected chi connectivity index (χ0v) is 12.5. The summed E-state index contributed by atoms with van der Waals surface area (Å²) in [6, 6.07) is 5.87. The lowest BCUT2D eigenvalue weighted by Crippen LogP contribution is -1.97. The van der Waals surface area contributed by atoms with Crippen molar-refractivity contribution < 1.29 is 9.34 Å². The number of nitrogens with zero attached hydrogens (tertiary/aromatic N) is 3. The lowest BCUT2D eigenvalue weighted by molar-refractivity contribution is -0.384. The van der Waals surface area contributed by atoms with E-state index in [1.807, 2.05) is 0 Å². The van der Waals surface area contributed by atoms with Gasteiger partial charge in [0.05, 0.1) is 10.5 Å². The van der Waals surface area contributed by atoms with Crippen LogP contribution in [0.15, 0.2) is 47.4 Å². The summed E-state index contributed by atoms with van der Waals surface area (Å²) < 4.78 is 5.42. The number of anilines is 2. The van der Waals surface area contributed by atoms with Gasteiger partial charge < -0.3 is 15.9 Å². The van der Waals surface area contributed by atoms with E-state index in [4.69, 9.17) is 15.9 Å². The molecule has 3 rings (SSSR count). The minimum Gasteiger partial charge on any atom is -0.435 e. The van der Waals surface area contributed by atoms with Crippen molar-refractivity contribution >= 4 is 34.6 Å². The molecule has 0 unspecified atom stereocenters. The molecule has 3 aromatic rings. The first-order valence-electron chi connectivity index (χ1n) is 6.90. The van der Waals surface area contributed by atoms with Crippen molar-refractivity contribution in [2.75, 3.05) is 11.5 Å². The molecule has 0 fully saturated rings. The predicted molar refractivity (Wildman–Crippen MR) is 92.0 cm³/mol. The Balaban J connectivity index is 2.17. The summed E-state index contributed by atoms with van der Waals surface area (Å²) in [5, 5.41) is 10.7. The molecule has 120 valence electrons. The predicted octanol–water partition coefficient (Wildman–Crippen LogP) is 3.16. The lowest BCUT2D eigenvalue weighted by Gasteiger charge is -2.02. The largest absolute Gasteiger partial charge is 0.435 e. The normalized spacial score (nSPS) is 11.2. The van der Waals surface area contributed by atoms with Gasteiger partial charge in [0.15, 0.2) is 17.2 Å². The summed E-state index contributed by atoms with van der Waals surface area (Å²) in [5.41, 5.74) is 13.7. The molecule has 1 aromatic carbocycles. The molecule has 0 atom stereocenters. The van der Waals surface area contributed by atoms with Gasteiger partial charge in [-0.15, -0.1) is 0 Å². The van der Waals surface area contributed by atoms with E-state index in [2.05, 4.69) is 16.5 Å². The van der Waals surface area contributed by atoms with Crippen LogP contribution in [0, 0.1) is 10.1 Å². The van der Waals surface area contributed by atoms with E-state index in [0.29, 0.717) is 28.1 Å². The molecular formula is C16H13N5O3. The SMILES string of the molecule is C=C/C=C\c1c(N)oc2c(N)nc(-c3ccc([N+](=O)[O-])cc3)nc12. The van der Waals surface area contributed by atoms with Gasteiger partial charge in [-0.3, -0.25) is 10.1 Å². The molecule has 0 amide bonds. The lowest BCUT2D eigenvalue weighted by atomic mass is 10.2. The van der Waals surface area contributed by atoms with Crippen molar-refractivity contribution in [1.29, 1.82) is 0 Å². The fourth-order valence-corrected chi connectivity index (χ4v) is 2.22. The molecule has 0 saturated carbocycles. The number of hydrogen-bond donors (Lipinski definition) is 2. The van der Waals surface area contributed by atoms with Gasteiger partial charge in [-0.2, -0.15) is 0 Å². The number of allylic oxidation sites excluding steroid dienone is 2. The van der Waals surface area contributed by atoms with E-state index in [0.717, 1.165) is 0 Å². The number of fused-ring (bicyclic) bond motifs is 1. The van der Waals surface area contributed by atoms with Gasteiger partial charge >= 0.3 is 0 Å². The standard InChI is InChI=1S/C16H13N5O3/c1-2-3-4-11-12-13(24-15(11)18)14(17)20-16(19-12)9-5-7-10(8-6-9)21(22)23/h2-8H,1,18H2,(H2,17,19,20)/b4-3-. The van der Waals surface area contributed by atoms with E-state index in [9.17, 15) is 10.1 Å². The van der Waals surface area contributed by atoms with Gasteiger partial charge in [-0.25, -0.2) is 9.97 Å². The van der Waals surface area contributed by atoms with Crippen LogP contribution < -0.4 is 11.5 Å². The van der Waals surface area contributed by atoms with Crippen LogP contribution in [0.4, 0.5) is 17.4 Å². The average molecular weight is 323 g/mol. The molecule has 2 aromatic heterocycles. The molecule has 8 nitrogen and oxygen atoms in total. The Morgan fingerprint density at radius 1 is 1.21 bits per heavy atom. The smallest absolute Gasteiger partial charge is 0.269 e. The second kappa shape index (κ2) is 5.84. The van der Waals surface area contributed by atoms with Crippen molar-refractivity contribution in [1.82, 2.24) is 9.97 Å². The van der Waals surface area contributed by atoms with Crippen LogP contribution in [-0.2, 0) is 0 Å². The summed E-state index contributed by atoms with van der Waals surface area (Å²) in [6.45, 7) is 3.60. The van der Waals surface area contributed by atoms with Crippen LogP contribution in [0.5, 0.6) is 0 Å². The highest BCUT2D eigenvalue weighted by Gasteiger charge is 2.17. The summed E-state index contributed by atoms with van der Waals surface area (Å²) in [6.07, 6.45) is 5.00. The zero-order chi connectivity index (χ0) is 17.3. The molecule has 0 aliphatic heterocycles. The monoisotopic (exact) mass is 323 g/mol. The van der Waals surface area contributed by atoms with Gasteiger partial charge in [0.25, 0.3) is 5.69 Å². The number of nitrogen functional groups attached to an aromatic ring is 2. The number of non-ortho nitro benzene ring substituents is 1. The molecule has 0 radical (unpaired) electrons. The van der Waals surface area contributed by atoms with Gasteiger partial charge in [0.1, 0.15) is 5.52 Å². The van der Waals surface area contributed by atoms with E-state index in [-0.39, 0.29) is 17.4 Å². The van der Waals surface area contributed by atoms with Crippen molar-refractivity contribution in [2.24, 2.45) is 0 Å². The first-order chi connectivity index (χ1) is 11.5. The fraction of sp³-hybridized carbons (Fsp3) is 0. The summed E-state index contributed by atoms with van der Waals surface area (Å²) >= 11 is 0. The average Bonchev–Trinajstić information content (AvgIpc) is 2.89. The second-order valence-electron chi connectivity index (χ2n) is 4.89. The Bertz CT molecular complexity index is 974. The van der Waals surface area contributed by atoms with Crippen molar-refractivity contribution in [3.05, 3.63) is 58.7 Å². The molecule has 4 N–H and O–H groups in total. The Labute approximate surface area is 136 Å². The van der Waals surface area contributed by atoms with Crippen molar-refractivity contribution in [3.63, 3.8) is 0 Å². The Kier molecular flexibility index (Phi) is 3.70. The third-order valence-corrected chi connectivity index (χ3v) is 3.36. The van der Waals surface area contributed by atoms with Crippen LogP contribution in [0.2, 0.25) is 0 Å². The number of rotatable bonds is 4. The van der Waals surface area contributed by atoms with Crippen molar-refractivity contribution in [3.8, 4) is 11.4 Å². The Morgan fingerprint density at radius 3 is 2.54 bits per heavy atom. The Hall–Kier alpha value is -3.68. The number of aromatic nitrogens is 2. The first kappa shape index (κ1) is 15.2. The summed E-state index contributed by atoms with van der Waals surface area (Å²) in [4.78, 5) is 18.9. The number of hydrogen-bond acceptors (Lipinski definition) is 7. The molecule has 0 aliphatic rings. The maximum atomic E-state index is 10.7. The molecule has 2 heterocycles. The molecule has 24 heavy (non-hydrogen) atoms. The molecule has 0 saturated heterocycles. The highest BCUT2D eigenvalue weighted by atomic mass is 16.6. The number of furan rings is 1. The third-order valence-electron chi connectivity index (χ3n) is 3.36. The van der Waals surface area contributed by atoms with E-state index >= 15 is 0 Å². The maximum Gasteiger partial charge on any atom is 0.269 e. The summed E-state index contributed by atoms with van der Waals surface area (Å²) in [7, 11) is 0. The first-order valence-corrected chi connectivity index (χ1v) is 6.90. The van der Waals surface area contributed by atoms with Gasteiger partial charge in [-0.05, 0) is 18.2 Å². The Morgan fingerprint density at radius 2 is 1.92 bits per heavy atom. The number of nitro groups is 1. The van der Waals surface area contributed by atoms with E-state index in [1.165, 1.54) is 12.1 Å².